The number of aromatic nitrogens is 1. The molecule has 2 unspecified atom stereocenters. The Hall–Kier alpha value is -4.23. The third-order valence-corrected chi connectivity index (χ3v) is 8.43. The summed E-state index contributed by atoms with van der Waals surface area (Å²) in [5.41, 5.74) is 7.51. The van der Waals surface area contributed by atoms with Crippen LogP contribution >= 0.6 is 11.8 Å². The largest absolute Gasteiger partial charge is 0.481 e. The van der Waals surface area contributed by atoms with Crippen molar-refractivity contribution in [1.29, 1.82) is 0 Å². The zero-order valence-corrected chi connectivity index (χ0v) is 27.6. The number of thioether (sulfide) groups is 1. The minimum Gasteiger partial charge on any atom is -0.481 e. The van der Waals surface area contributed by atoms with E-state index in [0.29, 0.717) is 30.8 Å². The minimum atomic E-state index is -1.32. The molecule has 0 aliphatic rings. The second-order valence-corrected chi connectivity index (χ2v) is 13.3. The molecular formula is C34H42F2N4O6S. The van der Waals surface area contributed by atoms with E-state index in [4.69, 9.17) is 10.8 Å². The Balaban J connectivity index is 1.97. The molecule has 10 nitrogen and oxygen atoms in total. The predicted molar refractivity (Wildman–Crippen MR) is 177 cm³/mol. The van der Waals surface area contributed by atoms with Crippen molar-refractivity contribution in [3.8, 4) is 11.1 Å². The maximum atomic E-state index is 15.0. The van der Waals surface area contributed by atoms with Gasteiger partial charge in [0.25, 0.3) is 0 Å². The lowest BCUT2D eigenvalue weighted by Crippen LogP contribution is -2.45. The SMILES string of the molecule is CC(C)(C)C(c1cc(-c2cc(F)ccc2F)cn1Cc1ccccc1)N(CCCN)C(=O)CSCC(NC(=O)CCC(=O)O)C(=O)O. The minimum absolute atomic E-state index is 0.0891. The molecule has 3 aromatic rings. The number of carbonyl (C=O) groups is 4. The number of nitrogens with zero attached hydrogens (tertiary/aromatic N) is 2. The zero-order valence-electron chi connectivity index (χ0n) is 26.7. The molecule has 2 amide bonds. The lowest BCUT2D eigenvalue weighted by Gasteiger charge is -2.41. The Morgan fingerprint density at radius 2 is 1.72 bits per heavy atom. The van der Waals surface area contributed by atoms with Crippen molar-refractivity contribution in [2.45, 2.75) is 58.7 Å². The molecule has 0 aliphatic heterocycles. The number of benzene rings is 2. The normalized spacial score (nSPS) is 12.7. The number of nitrogens with one attached hydrogen (secondary N) is 1. The number of hydrogen-bond donors (Lipinski definition) is 4. The van der Waals surface area contributed by atoms with Gasteiger partial charge in [-0.25, -0.2) is 13.6 Å². The molecule has 3 rings (SSSR count). The topological polar surface area (TPSA) is 155 Å². The Labute approximate surface area is 277 Å². The van der Waals surface area contributed by atoms with Crippen LogP contribution in [-0.4, -0.2) is 74.1 Å². The summed E-state index contributed by atoms with van der Waals surface area (Å²) in [7, 11) is 0. The van der Waals surface area contributed by atoms with E-state index >= 15 is 0 Å². The number of carboxylic acid groups (broad SMARTS) is 2. The second kappa shape index (κ2) is 17.1. The first-order valence-electron chi connectivity index (χ1n) is 15.2. The Morgan fingerprint density at radius 1 is 1.02 bits per heavy atom. The van der Waals surface area contributed by atoms with Gasteiger partial charge < -0.3 is 30.7 Å². The van der Waals surface area contributed by atoms with Gasteiger partial charge in [0.05, 0.1) is 18.2 Å². The highest BCUT2D eigenvalue weighted by molar-refractivity contribution is 8.00. The van der Waals surface area contributed by atoms with Gasteiger partial charge in [0.15, 0.2) is 0 Å². The molecule has 5 N–H and O–H groups in total. The first kappa shape index (κ1) is 37.2. The van der Waals surface area contributed by atoms with Crippen molar-refractivity contribution >= 4 is 35.5 Å². The number of aliphatic carboxylic acids is 2. The van der Waals surface area contributed by atoms with Crippen LogP contribution in [-0.2, 0) is 25.7 Å². The van der Waals surface area contributed by atoms with E-state index in [1.807, 2.05) is 55.7 Å². The molecule has 0 fully saturated rings. The molecule has 0 spiro atoms. The number of nitrogens with two attached hydrogens (primary N) is 1. The third kappa shape index (κ3) is 10.9. The Morgan fingerprint density at radius 3 is 2.34 bits per heavy atom. The maximum absolute atomic E-state index is 15.0. The van der Waals surface area contributed by atoms with Gasteiger partial charge in [-0.2, -0.15) is 0 Å². The molecule has 13 heteroatoms. The molecule has 254 valence electrons. The van der Waals surface area contributed by atoms with Crippen LogP contribution in [0.2, 0.25) is 0 Å². The van der Waals surface area contributed by atoms with E-state index in [0.717, 1.165) is 35.5 Å². The van der Waals surface area contributed by atoms with E-state index in [1.54, 1.807) is 17.2 Å². The smallest absolute Gasteiger partial charge is 0.327 e. The Kier molecular flexibility index (Phi) is 13.5. The molecule has 0 saturated carbocycles. The van der Waals surface area contributed by atoms with Crippen molar-refractivity contribution in [2.24, 2.45) is 11.1 Å². The van der Waals surface area contributed by atoms with Crippen LogP contribution in [0.1, 0.15) is 57.3 Å². The van der Waals surface area contributed by atoms with Crippen molar-refractivity contribution in [3.05, 3.63) is 83.7 Å². The van der Waals surface area contributed by atoms with Gasteiger partial charge in [0.1, 0.15) is 17.7 Å². The van der Waals surface area contributed by atoms with E-state index in [9.17, 15) is 33.1 Å². The van der Waals surface area contributed by atoms with Gasteiger partial charge in [-0.3, -0.25) is 14.4 Å². The molecule has 2 atom stereocenters. The number of carboxylic acids is 2. The van der Waals surface area contributed by atoms with Gasteiger partial charge in [-0.1, -0.05) is 51.1 Å². The van der Waals surface area contributed by atoms with E-state index in [1.165, 1.54) is 0 Å². The van der Waals surface area contributed by atoms with Gasteiger partial charge in [0.2, 0.25) is 11.8 Å². The van der Waals surface area contributed by atoms with E-state index in [2.05, 4.69) is 5.32 Å². The van der Waals surface area contributed by atoms with E-state index in [-0.39, 0.29) is 35.9 Å². The second-order valence-electron chi connectivity index (χ2n) is 12.3. The number of halogens is 2. The first-order chi connectivity index (χ1) is 22.2. The summed E-state index contributed by atoms with van der Waals surface area (Å²) in [6.07, 6.45) is 1.43. The number of amides is 2. The molecule has 0 radical (unpaired) electrons. The summed E-state index contributed by atoms with van der Waals surface area (Å²) in [5.74, 6) is -4.91. The molecule has 0 aliphatic carbocycles. The van der Waals surface area contributed by atoms with Crippen LogP contribution in [0.3, 0.4) is 0 Å². The number of rotatable bonds is 17. The molecule has 47 heavy (non-hydrogen) atoms. The molecule has 0 bridgehead atoms. The third-order valence-electron chi connectivity index (χ3n) is 7.41. The van der Waals surface area contributed by atoms with Crippen molar-refractivity contribution in [1.82, 2.24) is 14.8 Å². The fourth-order valence-electron chi connectivity index (χ4n) is 5.28. The molecule has 0 saturated heterocycles. The molecular weight excluding hydrogens is 630 g/mol. The van der Waals surface area contributed by atoms with Crippen LogP contribution in [0.15, 0.2) is 60.8 Å². The summed E-state index contributed by atoms with van der Waals surface area (Å²) in [6.45, 7) is 6.92. The summed E-state index contributed by atoms with van der Waals surface area (Å²) in [5, 5.41) is 20.7. The van der Waals surface area contributed by atoms with Crippen LogP contribution < -0.4 is 11.1 Å². The van der Waals surface area contributed by atoms with Gasteiger partial charge in [-0.15, -0.1) is 11.8 Å². The lowest BCUT2D eigenvalue weighted by atomic mass is 9.83. The highest BCUT2D eigenvalue weighted by Gasteiger charge is 2.37. The maximum Gasteiger partial charge on any atom is 0.327 e. The standard InChI is InChI=1S/C34H42F2N4O6S/c1-34(2,3)32(40(15-7-14-37)30(42)21-47-20-27(33(45)46)38-29(41)12-13-31(43)44)28-16-23(25-17-24(35)10-11-26(25)36)19-39(28)18-22-8-5-4-6-9-22/h4-6,8-11,16-17,19,27,32H,7,12-15,18,20-21,37H2,1-3H3,(H,38,41)(H,43,44)(H,45,46). The van der Waals surface area contributed by atoms with Crippen molar-refractivity contribution < 1.29 is 38.2 Å². The zero-order chi connectivity index (χ0) is 34.7. The average Bonchev–Trinajstić information content (AvgIpc) is 3.40. The van der Waals surface area contributed by atoms with Gasteiger partial charge in [-0.05, 0) is 48.2 Å². The molecule has 2 aromatic carbocycles. The first-order valence-corrected chi connectivity index (χ1v) is 16.4. The quantitative estimate of drug-likeness (QED) is 0.158. The fraction of sp³-hybridized carbons (Fsp3) is 0.412. The van der Waals surface area contributed by atoms with Crippen LogP contribution in [0, 0.1) is 17.0 Å². The fourth-order valence-corrected chi connectivity index (χ4v) is 6.20. The van der Waals surface area contributed by atoms with Gasteiger partial charge in [0, 0.05) is 48.3 Å². The lowest BCUT2D eigenvalue weighted by molar-refractivity contribution is -0.141. The molecule has 1 aromatic heterocycles. The summed E-state index contributed by atoms with van der Waals surface area (Å²) in [4.78, 5) is 50.3. The number of carbonyl (C=O) groups excluding carboxylic acids is 2. The highest BCUT2D eigenvalue weighted by atomic mass is 32.2. The highest BCUT2D eigenvalue weighted by Crippen LogP contribution is 2.41. The van der Waals surface area contributed by atoms with Crippen LogP contribution in [0.25, 0.3) is 11.1 Å². The van der Waals surface area contributed by atoms with Crippen LogP contribution in [0.4, 0.5) is 8.78 Å². The summed E-state index contributed by atoms with van der Waals surface area (Å²) in [6, 6.07) is 12.8. The van der Waals surface area contributed by atoms with Crippen molar-refractivity contribution in [2.75, 3.05) is 24.6 Å². The van der Waals surface area contributed by atoms with E-state index < -0.39 is 53.4 Å². The monoisotopic (exact) mass is 672 g/mol. The molecule has 1 heterocycles. The van der Waals surface area contributed by atoms with Crippen molar-refractivity contribution in [3.63, 3.8) is 0 Å². The summed E-state index contributed by atoms with van der Waals surface area (Å²) >= 11 is 1.03. The summed E-state index contributed by atoms with van der Waals surface area (Å²) < 4.78 is 31.2. The number of hydrogen-bond acceptors (Lipinski definition) is 6. The van der Waals surface area contributed by atoms with Gasteiger partial charge >= 0.3 is 11.9 Å². The Bertz CT molecular complexity index is 1540. The predicted octanol–water partition coefficient (Wildman–Crippen LogP) is 4.91. The van der Waals surface area contributed by atoms with Crippen LogP contribution in [0.5, 0.6) is 0 Å². The average molecular weight is 673 g/mol.